The van der Waals surface area contributed by atoms with Crippen molar-refractivity contribution in [3.05, 3.63) is 138 Å². The van der Waals surface area contributed by atoms with Gasteiger partial charge < -0.3 is 9.84 Å². The van der Waals surface area contributed by atoms with Crippen molar-refractivity contribution in [3.63, 3.8) is 0 Å². The van der Waals surface area contributed by atoms with E-state index in [0.29, 0.717) is 34.7 Å². The molecule has 9 heteroatoms. The number of aliphatic hydroxyl groups is 1. The molecular weight excluding hydrogens is 630 g/mol. The Morgan fingerprint density at radius 1 is 0.800 bits per heavy atom. The summed E-state index contributed by atoms with van der Waals surface area (Å²) in [7, 11) is 0. The molecular formula is C41H37N3O6. The van der Waals surface area contributed by atoms with Gasteiger partial charge in [-0.1, -0.05) is 96.1 Å². The number of carbonyl (C=O) groups is 4. The van der Waals surface area contributed by atoms with Gasteiger partial charge in [-0.3, -0.25) is 29.5 Å². The number of para-hydroxylation sites is 2. The first-order chi connectivity index (χ1) is 24.4. The smallest absolute Gasteiger partial charge is 0.260 e. The molecule has 0 aromatic heterocycles. The van der Waals surface area contributed by atoms with Crippen LogP contribution < -0.4 is 15.1 Å². The molecule has 2 N–H and O–H groups in total. The molecule has 3 fully saturated rings. The van der Waals surface area contributed by atoms with Crippen molar-refractivity contribution in [2.75, 3.05) is 23.5 Å². The summed E-state index contributed by atoms with van der Waals surface area (Å²) in [6.07, 6.45) is 2.56. The highest BCUT2D eigenvalue weighted by Gasteiger charge is 2.70. The number of fused-ring (bicyclic) bond motifs is 4. The van der Waals surface area contributed by atoms with Gasteiger partial charge in [0.1, 0.15) is 12.4 Å². The molecule has 0 spiro atoms. The number of aryl methyl sites for hydroxylation is 1. The molecule has 252 valence electrons. The van der Waals surface area contributed by atoms with E-state index >= 15 is 4.79 Å². The number of carbonyl (C=O) groups excluding carboxylic acids is 4. The molecule has 4 aromatic rings. The molecule has 9 nitrogen and oxygen atoms in total. The highest BCUT2D eigenvalue weighted by Crippen LogP contribution is 2.65. The number of nitrogens with one attached hydrogen (secondary N) is 1. The summed E-state index contributed by atoms with van der Waals surface area (Å²) >= 11 is 0. The molecule has 2 aliphatic carbocycles. The molecule has 4 aliphatic rings. The van der Waals surface area contributed by atoms with E-state index in [4.69, 9.17) is 4.74 Å². The Bertz CT molecular complexity index is 2010. The average Bonchev–Trinajstić information content (AvgIpc) is 3.53. The van der Waals surface area contributed by atoms with Crippen LogP contribution in [0.1, 0.15) is 35.4 Å². The number of allylic oxidation sites excluding steroid dienone is 2. The highest BCUT2D eigenvalue weighted by atomic mass is 16.5. The van der Waals surface area contributed by atoms with Gasteiger partial charge in [-0.2, -0.15) is 5.01 Å². The zero-order chi connectivity index (χ0) is 34.6. The Kier molecular flexibility index (Phi) is 7.87. The lowest BCUT2D eigenvalue weighted by molar-refractivity contribution is -0.138. The third-order valence-electron chi connectivity index (χ3n) is 11.0. The third-order valence-corrected chi connectivity index (χ3v) is 11.0. The topological polar surface area (TPSA) is 116 Å². The van der Waals surface area contributed by atoms with Gasteiger partial charge in [-0.05, 0) is 61.6 Å². The number of hydrogen-bond acceptors (Lipinski definition) is 7. The second-order valence-corrected chi connectivity index (χ2v) is 13.5. The molecule has 0 bridgehead atoms. The van der Waals surface area contributed by atoms with E-state index in [1.54, 1.807) is 30.3 Å². The Balaban J connectivity index is 1.33. The summed E-state index contributed by atoms with van der Waals surface area (Å²) in [5.41, 5.74) is 6.08. The maximum Gasteiger partial charge on any atom is 0.260 e. The molecule has 4 aromatic carbocycles. The van der Waals surface area contributed by atoms with Crippen molar-refractivity contribution in [3.8, 4) is 5.75 Å². The van der Waals surface area contributed by atoms with E-state index in [1.165, 1.54) is 4.90 Å². The molecule has 2 saturated heterocycles. The predicted molar refractivity (Wildman–Crippen MR) is 187 cm³/mol. The van der Waals surface area contributed by atoms with E-state index in [-0.39, 0.29) is 31.4 Å². The minimum Gasteiger partial charge on any atom is -0.491 e. The SMILES string of the molecule is Cc1ccc(NN2C(=O)[C@@H]3C[C@@H]4C(=CC[C@@H]5C(=O)N(c6ccccc6)C(=O)[C@@H]54)[C@H](c4ccccc4OCCO)[C@]3(c3ccccc3)C2=O)cc1. The maximum atomic E-state index is 15.3. The van der Waals surface area contributed by atoms with Crippen molar-refractivity contribution in [2.24, 2.45) is 23.7 Å². The third kappa shape index (κ3) is 4.71. The number of rotatable bonds is 8. The Labute approximate surface area is 290 Å². The molecule has 0 unspecified atom stereocenters. The lowest BCUT2D eigenvalue weighted by atomic mass is 9.49. The Morgan fingerprint density at radius 2 is 1.48 bits per heavy atom. The van der Waals surface area contributed by atoms with Crippen molar-refractivity contribution in [2.45, 2.75) is 31.1 Å². The van der Waals surface area contributed by atoms with Gasteiger partial charge in [0.2, 0.25) is 11.8 Å². The number of anilines is 2. The van der Waals surface area contributed by atoms with Gasteiger partial charge in [0.05, 0.1) is 41.2 Å². The van der Waals surface area contributed by atoms with Crippen molar-refractivity contribution < 1.29 is 29.0 Å². The van der Waals surface area contributed by atoms with Crippen LogP contribution in [0.4, 0.5) is 11.4 Å². The minimum atomic E-state index is -1.41. The van der Waals surface area contributed by atoms with E-state index in [9.17, 15) is 19.5 Å². The van der Waals surface area contributed by atoms with Crippen molar-refractivity contribution in [1.82, 2.24) is 5.01 Å². The van der Waals surface area contributed by atoms with Crippen LogP contribution in [0.15, 0.2) is 121 Å². The van der Waals surface area contributed by atoms with Crippen LogP contribution in [0.25, 0.3) is 0 Å². The largest absolute Gasteiger partial charge is 0.491 e. The first kappa shape index (κ1) is 31.7. The second-order valence-electron chi connectivity index (χ2n) is 13.5. The van der Waals surface area contributed by atoms with Gasteiger partial charge in [-0.25, -0.2) is 0 Å². The van der Waals surface area contributed by atoms with Crippen LogP contribution in [0, 0.1) is 30.6 Å². The van der Waals surface area contributed by atoms with Gasteiger partial charge in [0.25, 0.3) is 11.8 Å². The van der Waals surface area contributed by atoms with Crippen LogP contribution >= 0.6 is 0 Å². The van der Waals surface area contributed by atoms with Gasteiger partial charge >= 0.3 is 0 Å². The van der Waals surface area contributed by atoms with Crippen LogP contribution in [-0.4, -0.2) is 47.0 Å². The second kappa shape index (κ2) is 12.4. The standard InChI is InChI=1S/C41H37N3O6/c1-25-16-18-27(19-17-25)42-44-38(47)33-24-32-29(20-21-31-35(32)39(48)43(37(31)46)28-12-6-3-7-13-28)36(30-14-8-9-15-34(30)50-23-22-45)41(33,40(44)49)26-10-4-2-5-11-26/h2-20,31-33,35-36,42,45H,21-24H2,1H3/t31-,32+,33-,35-,36+,41+/m0/s1. The van der Waals surface area contributed by atoms with Crippen LogP contribution in [-0.2, 0) is 24.6 Å². The highest BCUT2D eigenvalue weighted by molar-refractivity contribution is 6.22. The summed E-state index contributed by atoms with van der Waals surface area (Å²) in [6.45, 7) is 1.79. The molecule has 6 atom stereocenters. The maximum absolute atomic E-state index is 15.3. The zero-order valence-electron chi connectivity index (χ0n) is 27.6. The van der Waals surface area contributed by atoms with Crippen LogP contribution in [0.5, 0.6) is 5.75 Å². The van der Waals surface area contributed by atoms with E-state index in [2.05, 4.69) is 5.43 Å². The monoisotopic (exact) mass is 667 g/mol. The average molecular weight is 668 g/mol. The summed E-state index contributed by atoms with van der Waals surface area (Å²) < 4.78 is 6.11. The molecule has 2 aliphatic heterocycles. The molecule has 2 heterocycles. The van der Waals surface area contributed by atoms with Gasteiger partial charge in [0, 0.05) is 11.5 Å². The fourth-order valence-corrected chi connectivity index (χ4v) is 8.93. The molecule has 1 saturated carbocycles. The first-order valence-electron chi connectivity index (χ1n) is 17.1. The molecule has 4 amide bonds. The lowest BCUT2D eigenvalue weighted by Gasteiger charge is -2.50. The van der Waals surface area contributed by atoms with E-state index in [0.717, 1.165) is 16.1 Å². The normalized spacial score (nSPS) is 27.1. The minimum absolute atomic E-state index is 0.0334. The quantitative estimate of drug-likeness (QED) is 0.187. The van der Waals surface area contributed by atoms with Crippen molar-refractivity contribution in [1.29, 1.82) is 0 Å². The number of imide groups is 2. The molecule has 50 heavy (non-hydrogen) atoms. The first-order valence-corrected chi connectivity index (χ1v) is 17.1. The number of hydrogen-bond donors (Lipinski definition) is 2. The van der Waals surface area contributed by atoms with Crippen LogP contribution in [0.2, 0.25) is 0 Å². The van der Waals surface area contributed by atoms with E-state index in [1.807, 2.05) is 91.9 Å². The number of ether oxygens (including phenoxy) is 1. The Morgan fingerprint density at radius 3 is 2.20 bits per heavy atom. The molecule has 8 rings (SSSR count). The number of hydrazine groups is 1. The summed E-state index contributed by atoms with van der Waals surface area (Å²) in [5, 5.41) is 10.9. The number of amides is 4. The summed E-state index contributed by atoms with van der Waals surface area (Å²) in [5.74, 6) is -4.23. The molecule has 0 radical (unpaired) electrons. The van der Waals surface area contributed by atoms with Crippen molar-refractivity contribution >= 4 is 35.0 Å². The Hall–Kier alpha value is -5.54. The van der Waals surface area contributed by atoms with Gasteiger partial charge in [0.15, 0.2) is 0 Å². The summed E-state index contributed by atoms with van der Waals surface area (Å²) in [4.78, 5) is 59.8. The fraction of sp³-hybridized carbons (Fsp3) is 0.268. The zero-order valence-corrected chi connectivity index (χ0v) is 27.6. The predicted octanol–water partition coefficient (Wildman–Crippen LogP) is 5.56. The summed E-state index contributed by atoms with van der Waals surface area (Å²) in [6, 6.07) is 33.2. The lowest BCUT2D eigenvalue weighted by Crippen LogP contribution is -2.53. The van der Waals surface area contributed by atoms with Crippen LogP contribution in [0.3, 0.4) is 0 Å². The van der Waals surface area contributed by atoms with E-state index < -0.39 is 46.8 Å². The number of nitrogens with zero attached hydrogens (tertiary/aromatic N) is 2. The fourth-order valence-electron chi connectivity index (χ4n) is 8.93. The number of aliphatic hydroxyl groups excluding tert-OH is 1. The van der Waals surface area contributed by atoms with Gasteiger partial charge in [-0.15, -0.1) is 0 Å². The number of benzene rings is 4.